The third-order valence-electron chi connectivity index (χ3n) is 6.49. The molecule has 1 saturated carbocycles. The predicted octanol–water partition coefficient (Wildman–Crippen LogP) is 4.96. The molecular formula is C26H35N5. The molecular weight excluding hydrogens is 382 g/mol. The summed E-state index contributed by atoms with van der Waals surface area (Å²) in [6.45, 7) is 5.10. The van der Waals surface area contributed by atoms with Crippen LogP contribution in [0.3, 0.4) is 0 Å². The highest BCUT2D eigenvalue weighted by Gasteiger charge is 2.18. The van der Waals surface area contributed by atoms with E-state index in [1.807, 2.05) is 12.1 Å². The molecule has 0 spiro atoms. The van der Waals surface area contributed by atoms with Crippen molar-refractivity contribution >= 4 is 16.9 Å². The van der Waals surface area contributed by atoms with Crippen LogP contribution in [0.1, 0.15) is 73.9 Å². The van der Waals surface area contributed by atoms with Crippen LogP contribution >= 0.6 is 0 Å². The van der Waals surface area contributed by atoms with E-state index in [-0.39, 0.29) is 5.84 Å². The number of benzene rings is 2. The van der Waals surface area contributed by atoms with Crippen molar-refractivity contribution in [3.63, 3.8) is 0 Å². The lowest BCUT2D eigenvalue weighted by atomic mass is 9.84. The highest BCUT2D eigenvalue weighted by Crippen LogP contribution is 2.34. The fourth-order valence-electron chi connectivity index (χ4n) is 4.75. The van der Waals surface area contributed by atoms with Gasteiger partial charge in [-0.15, -0.1) is 0 Å². The Labute approximate surface area is 185 Å². The SMILES string of the molecule is CCCNCCn1c(Cc2ccc(C(=N)N)cc2)nc2cc(C3CCCCC3)ccc21. The summed E-state index contributed by atoms with van der Waals surface area (Å²) >= 11 is 0. The van der Waals surface area contributed by atoms with Crippen LogP contribution < -0.4 is 11.1 Å². The van der Waals surface area contributed by atoms with Crippen LogP contribution in [0.25, 0.3) is 11.0 Å². The van der Waals surface area contributed by atoms with E-state index in [2.05, 4.69) is 47.1 Å². The summed E-state index contributed by atoms with van der Waals surface area (Å²) in [5, 5.41) is 11.1. The van der Waals surface area contributed by atoms with Crippen LogP contribution in [0, 0.1) is 5.41 Å². The average Bonchev–Trinajstić information content (AvgIpc) is 3.13. The Kier molecular flexibility index (Phi) is 7.03. The van der Waals surface area contributed by atoms with Crippen LogP contribution in [-0.4, -0.2) is 28.5 Å². The maximum absolute atomic E-state index is 7.60. The maximum atomic E-state index is 7.60. The van der Waals surface area contributed by atoms with E-state index in [1.165, 1.54) is 48.7 Å². The minimum Gasteiger partial charge on any atom is -0.384 e. The molecule has 1 aliphatic rings. The second kappa shape index (κ2) is 10.1. The van der Waals surface area contributed by atoms with Gasteiger partial charge in [-0.3, -0.25) is 5.41 Å². The third-order valence-corrected chi connectivity index (χ3v) is 6.49. The van der Waals surface area contributed by atoms with Crippen molar-refractivity contribution in [2.24, 2.45) is 5.73 Å². The number of nitrogen functional groups attached to an aromatic ring is 1. The minimum absolute atomic E-state index is 0.107. The highest BCUT2D eigenvalue weighted by atomic mass is 15.1. The van der Waals surface area contributed by atoms with Crippen LogP contribution in [0.5, 0.6) is 0 Å². The molecule has 0 saturated heterocycles. The van der Waals surface area contributed by atoms with Crippen LogP contribution in [0.4, 0.5) is 0 Å². The molecule has 0 amide bonds. The topological polar surface area (TPSA) is 79.7 Å². The molecule has 0 radical (unpaired) electrons. The zero-order valence-electron chi connectivity index (χ0n) is 18.7. The van der Waals surface area contributed by atoms with Crippen LogP contribution in [0.15, 0.2) is 42.5 Å². The molecule has 4 rings (SSSR count). The molecule has 0 bridgehead atoms. The number of nitrogens with one attached hydrogen (secondary N) is 2. The highest BCUT2D eigenvalue weighted by molar-refractivity contribution is 5.94. The number of aromatic nitrogens is 2. The van der Waals surface area contributed by atoms with Gasteiger partial charge in [0.1, 0.15) is 11.7 Å². The number of imidazole rings is 1. The number of nitrogens with two attached hydrogens (primary N) is 1. The van der Waals surface area contributed by atoms with Gasteiger partial charge in [0.2, 0.25) is 0 Å². The summed E-state index contributed by atoms with van der Waals surface area (Å²) in [5.41, 5.74) is 11.4. The Morgan fingerprint density at radius 2 is 1.87 bits per heavy atom. The first-order valence-electron chi connectivity index (χ1n) is 11.8. The van der Waals surface area contributed by atoms with E-state index in [0.29, 0.717) is 5.92 Å². The van der Waals surface area contributed by atoms with Gasteiger partial charge in [-0.25, -0.2) is 4.98 Å². The average molecular weight is 418 g/mol. The van der Waals surface area contributed by atoms with Gasteiger partial charge in [0.25, 0.3) is 0 Å². The van der Waals surface area contributed by atoms with Gasteiger partial charge in [0.15, 0.2) is 0 Å². The van der Waals surface area contributed by atoms with E-state index < -0.39 is 0 Å². The standard InChI is InChI=1S/C26H35N5/c1-2-14-29-15-16-31-24-13-12-22(20-6-4-3-5-7-20)18-23(24)30-25(31)17-19-8-10-21(11-9-19)26(27)28/h8-13,18,20,29H,2-7,14-17H2,1H3,(H3,27,28). The Bertz CT molecular complexity index is 1010. The van der Waals surface area contributed by atoms with Crippen molar-refractivity contribution in [1.82, 2.24) is 14.9 Å². The molecule has 5 nitrogen and oxygen atoms in total. The minimum atomic E-state index is 0.107. The van der Waals surface area contributed by atoms with E-state index in [9.17, 15) is 0 Å². The molecule has 31 heavy (non-hydrogen) atoms. The van der Waals surface area contributed by atoms with Gasteiger partial charge in [-0.05, 0) is 55.0 Å². The number of amidine groups is 1. The van der Waals surface area contributed by atoms with Gasteiger partial charge >= 0.3 is 0 Å². The second-order valence-corrected chi connectivity index (χ2v) is 8.80. The lowest BCUT2D eigenvalue weighted by Gasteiger charge is -2.21. The smallest absolute Gasteiger partial charge is 0.122 e. The molecule has 1 fully saturated rings. The largest absolute Gasteiger partial charge is 0.384 e. The molecule has 1 aliphatic carbocycles. The Morgan fingerprint density at radius 3 is 2.58 bits per heavy atom. The molecule has 0 atom stereocenters. The van der Waals surface area contributed by atoms with E-state index in [4.69, 9.17) is 16.1 Å². The summed E-state index contributed by atoms with van der Waals surface area (Å²) < 4.78 is 2.38. The number of nitrogens with zero attached hydrogens (tertiary/aromatic N) is 2. The van der Waals surface area contributed by atoms with Gasteiger partial charge in [0, 0.05) is 25.1 Å². The lowest BCUT2D eigenvalue weighted by Crippen LogP contribution is -2.21. The first-order valence-corrected chi connectivity index (χ1v) is 11.8. The molecule has 0 aliphatic heterocycles. The van der Waals surface area contributed by atoms with Gasteiger partial charge in [0.05, 0.1) is 11.0 Å². The Balaban J connectivity index is 1.62. The quantitative estimate of drug-likeness (QED) is 0.262. The van der Waals surface area contributed by atoms with Gasteiger partial charge < -0.3 is 15.6 Å². The third kappa shape index (κ3) is 5.16. The lowest BCUT2D eigenvalue weighted by molar-refractivity contribution is 0.444. The molecule has 0 unspecified atom stereocenters. The molecule has 4 N–H and O–H groups in total. The Hall–Kier alpha value is -2.66. The number of fused-ring (bicyclic) bond motifs is 1. The predicted molar refractivity (Wildman–Crippen MR) is 129 cm³/mol. The zero-order chi connectivity index (χ0) is 21.6. The van der Waals surface area contributed by atoms with E-state index >= 15 is 0 Å². The van der Waals surface area contributed by atoms with Crippen molar-refractivity contribution in [3.8, 4) is 0 Å². The van der Waals surface area contributed by atoms with E-state index in [0.717, 1.165) is 49.4 Å². The van der Waals surface area contributed by atoms with Crippen molar-refractivity contribution in [1.29, 1.82) is 5.41 Å². The molecule has 2 aromatic carbocycles. The summed E-state index contributed by atoms with van der Waals surface area (Å²) in [4.78, 5) is 5.09. The molecule has 1 aromatic heterocycles. The van der Waals surface area contributed by atoms with Crippen molar-refractivity contribution in [2.75, 3.05) is 13.1 Å². The number of rotatable bonds is 9. The van der Waals surface area contributed by atoms with Crippen molar-refractivity contribution in [3.05, 3.63) is 65.0 Å². The number of hydrogen-bond donors (Lipinski definition) is 3. The fraction of sp³-hybridized carbons (Fsp3) is 0.462. The normalized spacial score (nSPS) is 14.9. The molecule has 3 aromatic rings. The summed E-state index contributed by atoms with van der Waals surface area (Å²) in [6, 6.07) is 14.9. The molecule has 5 heteroatoms. The monoisotopic (exact) mass is 417 g/mol. The van der Waals surface area contributed by atoms with E-state index in [1.54, 1.807) is 0 Å². The maximum Gasteiger partial charge on any atom is 0.122 e. The summed E-state index contributed by atoms with van der Waals surface area (Å²) in [7, 11) is 0. The summed E-state index contributed by atoms with van der Waals surface area (Å²) in [6.07, 6.45) is 8.61. The zero-order valence-corrected chi connectivity index (χ0v) is 18.7. The Morgan fingerprint density at radius 1 is 1.10 bits per heavy atom. The molecule has 164 valence electrons. The van der Waals surface area contributed by atoms with Crippen LogP contribution in [0.2, 0.25) is 0 Å². The fourth-order valence-corrected chi connectivity index (χ4v) is 4.75. The number of hydrogen-bond acceptors (Lipinski definition) is 3. The van der Waals surface area contributed by atoms with Crippen LogP contribution in [-0.2, 0) is 13.0 Å². The van der Waals surface area contributed by atoms with Gasteiger partial charge in [-0.1, -0.05) is 56.5 Å². The van der Waals surface area contributed by atoms with Gasteiger partial charge in [-0.2, -0.15) is 0 Å². The second-order valence-electron chi connectivity index (χ2n) is 8.80. The molecule has 1 heterocycles. The first kappa shape index (κ1) is 21.6. The van der Waals surface area contributed by atoms with Crippen molar-refractivity contribution < 1.29 is 0 Å². The summed E-state index contributed by atoms with van der Waals surface area (Å²) in [5.74, 6) is 1.90. The van der Waals surface area contributed by atoms with Crippen molar-refractivity contribution in [2.45, 2.75) is 64.3 Å². The first-order chi connectivity index (χ1) is 15.2.